The lowest BCUT2D eigenvalue weighted by Crippen LogP contribution is -2.31. The fourth-order valence-electron chi connectivity index (χ4n) is 1.96. The highest BCUT2D eigenvalue weighted by atomic mass is 35.5. The second-order valence-electron chi connectivity index (χ2n) is 4.75. The van der Waals surface area contributed by atoms with Crippen LogP contribution in [-0.2, 0) is 0 Å². The third kappa shape index (κ3) is 4.38. The van der Waals surface area contributed by atoms with E-state index >= 15 is 0 Å². The van der Waals surface area contributed by atoms with E-state index in [0.29, 0.717) is 29.4 Å². The van der Waals surface area contributed by atoms with Crippen LogP contribution in [-0.4, -0.2) is 19.1 Å². The summed E-state index contributed by atoms with van der Waals surface area (Å²) >= 11 is 5.81. The van der Waals surface area contributed by atoms with Gasteiger partial charge in [-0.05, 0) is 43.3 Å². The van der Waals surface area contributed by atoms with Gasteiger partial charge in [-0.25, -0.2) is 5.84 Å². The molecule has 6 heteroatoms. The van der Waals surface area contributed by atoms with Gasteiger partial charge in [-0.3, -0.25) is 10.2 Å². The standard InChI is InChI=1S/C16H18ClN3O2/c1-11-2-7-15(14(10-11)16(21)20-18)19-8-9-22-13-5-3-12(17)4-6-13/h2-7,10,19H,8-9,18H2,1H3,(H,20,21). The van der Waals surface area contributed by atoms with E-state index in [1.807, 2.05) is 31.2 Å². The number of benzene rings is 2. The van der Waals surface area contributed by atoms with Crippen LogP contribution < -0.4 is 21.3 Å². The smallest absolute Gasteiger partial charge is 0.267 e. The van der Waals surface area contributed by atoms with Crippen LogP contribution in [0.4, 0.5) is 5.69 Å². The Morgan fingerprint density at radius 1 is 1.23 bits per heavy atom. The number of nitrogens with one attached hydrogen (secondary N) is 2. The summed E-state index contributed by atoms with van der Waals surface area (Å²) in [6.45, 7) is 2.93. The summed E-state index contributed by atoms with van der Waals surface area (Å²) in [6, 6.07) is 12.7. The zero-order valence-electron chi connectivity index (χ0n) is 12.2. The lowest BCUT2D eigenvalue weighted by molar-refractivity contribution is 0.0954. The number of rotatable bonds is 6. The second-order valence-corrected chi connectivity index (χ2v) is 5.19. The molecule has 0 fully saturated rings. The van der Waals surface area contributed by atoms with Crippen LogP contribution in [0.5, 0.6) is 5.75 Å². The predicted molar refractivity (Wildman–Crippen MR) is 88.3 cm³/mol. The number of carbonyl (C=O) groups excluding carboxylic acids is 1. The first-order chi connectivity index (χ1) is 10.6. The minimum atomic E-state index is -0.329. The van der Waals surface area contributed by atoms with E-state index in [9.17, 15) is 4.79 Å². The molecule has 0 saturated carbocycles. The van der Waals surface area contributed by atoms with Gasteiger partial charge in [0.2, 0.25) is 0 Å². The maximum absolute atomic E-state index is 11.8. The van der Waals surface area contributed by atoms with Crippen LogP contribution in [0.2, 0.25) is 5.02 Å². The summed E-state index contributed by atoms with van der Waals surface area (Å²) in [5.74, 6) is 5.62. The number of nitrogen functional groups attached to an aromatic ring is 1. The largest absolute Gasteiger partial charge is 0.492 e. The molecule has 0 radical (unpaired) electrons. The van der Waals surface area contributed by atoms with E-state index < -0.39 is 0 Å². The van der Waals surface area contributed by atoms with Crippen LogP contribution in [0.1, 0.15) is 15.9 Å². The molecule has 1 amide bonds. The Balaban J connectivity index is 1.91. The lowest BCUT2D eigenvalue weighted by Gasteiger charge is -2.12. The Morgan fingerprint density at radius 2 is 1.95 bits per heavy atom. The molecule has 0 heterocycles. The number of nitrogens with two attached hydrogens (primary N) is 1. The quantitative estimate of drug-likeness (QED) is 0.331. The molecule has 116 valence electrons. The molecule has 0 spiro atoms. The van der Waals surface area contributed by atoms with Crippen LogP contribution in [0.3, 0.4) is 0 Å². The molecule has 0 aliphatic carbocycles. The first-order valence-electron chi connectivity index (χ1n) is 6.84. The molecule has 0 bridgehead atoms. The molecule has 22 heavy (non-hydrogen) atoms. The molecule has 4 N–H and O–H groups in total. The first-order valence-corrected chi connectivity index (χ1v) is 7.22. The van der Waals surface area contributed by atoms with Crippen molar-refractivity contribution < 1.29 is 9.53 Å². The fourth-order valence-corrected chi connectivity index (χ4v) is 2.09. The van der Waals surface area contributed by atoms with Crippen LogP contribution in [0.25, 0.3) is 0 Å². The van der Waals surface area contributed by atoms with E-state index in [-0.39, 0.29) is 5.91 Å². The average Bonchev–Trinajstić information content (AvgIpc) is 2.53. The van der Waals surface area contributed by atoms with Crippen LogP contribution in [0, 0.1) is 6.92 Å². The summed E-state index contributed by atoms with van der Waals surface area (Å²) < 4.78 is 5.59. The minimum absolute atomic E-state index is 0.329. The van der Waals surface area contributed by atoms with Gasteiger partial charge in [0.1, 0.15) is 12.4 Å². The highest BCUT2D eigenvalue weighted by molar-refractivity contribution is 6.30. The number of hydrazine groups is 1. The van der Waals surface area contributed by atoms with Crippen LogP contribution >= 0.6 is 11.6 Å². The highest BCUT2D eigenvalue weighted by Crippen LogP contribution is 2.18. The maximum Gasteiger partial charge on any atom is 0.267 e. The summed E-state index contributed by atoms with van der Waals surface area (Å²) in [7, 11) is 0. The summed E-state index contributed by atoms with van der Waals surface area (Å²) in [5, 5.41) is 3.84. The third-order valence-electron chi connectivity index (χ3n) is 3.05. The minimum Gasteiger partial charge on any atom is -0.492 e. The van der Waals surface area contributed by atoms with Crippen molar-refractivity contribution in [3.63, 3.8) is 0 Å². The highest BCUT2D eigenvalue weighted by Gasteiger charge is 2.10. The average molecular weight is 320 g/mol. The van der Waals surface area contributed by atoms with Crippen molar-refractivity contribution >= 4 is 23.2 Å². The van der Waals surface area contributed by atoms with Crippen molar-refractivity contribution in [3.05, 3.63) is 58.6 Å². The molecule has 0 aromatic heterocycles. The van der Waals surface area contributed by atoms with Gasteiger partial charge in [0.05, 0.1) is 5.56 Å². The third-order valence-corrected chi connectivity index (χ3v) is 3.30. The van der Waals surface area contributed by atoms with Gasteiger partial charge in [0, 0.05) is 17.3 Å². The number of hydrogen-bond donors (Lipinski definition) is 3. The number of amides is 1. The maximum atomic E-state index is 11.8. The van der Waals surface area contributed by atoms with E-state index in [4.69, 9.17) is 22.2 Å². The number of ether oxygens (including phenoxy) is 1. The van der Waals surface area contributed by atoms with Crippen molar-refractivity contribution in [2.75, 3.05) is 18.5 Å². The molecule has 0 aliphatic rings. The Morgan fingerprint density at radius 3 is 2.64 bits per heavy atom. The van der Waals surface area contributed by atoms with Crippen molar-refractivity contribution in [2.24, 2.45) is 5.84 Å². The Labute approximate surface area is 134 Å². The zero-order chi connectivity index (χ0) is 15.9. The van der Waals surface area contributed by atoms with Crippen molar-refractivity contribution in [3.8, 4) is 5.75 Å². The zero-order valence-corrected chi connectivity index (χ0v) is 13.0. The lowest BCUT2D eigenvalue weighted by atomic mass is 10.1. The number of carbonyl (C=O) groups is 1. The van der Waals surface area contributed by atoms with Gasteiger partial charge >= 0.3 is 0 Å². The molecular formula is C16H18ClN3O2. The van der Waals surface area contributed by atoms with E-state index in [0.717, 1.165) is 11.3 Å². The number of aryl methyl sites for hydroxylation is 1. The summed E-state index contributed by atoms with van der Waals surface area (Å²) in [6.07, 6.45) is 0. The molecule has 2 aromatic carbocycles. The van der Waals surface area contributed by atoms with Crippen molar-refractivity contribution in [1.29, 1.82) is 0 Å². The molecule has 2 rings (SSSR count). The van der Waals surface area contributed by atoms with Crippen LogP contribution in [0.15, 0.2) is 42.5 Å². The first kappa shape index (κ1) is 16.1. The SMILES string of the molecule is Cc1ccc(NCCOc2ccc(Cl)cc2)c(C(=O)NN)c1. The number of anilines is 1. The summed E-state index contributed by atoms with van der Waals surface area (Å²) in [4.78, 5) is 11.8. The van der Waals surface area contributed by atoms with E-state index in [1.165, 1.54) is 0 Å². The van der Waals surface area contributed by atoms with Gasteiger partial charge in [-0.1, -0.05) is 23.2 Å². The van der Waals surface area contributed by atoms with E-state index in [1.54, 1.807) is 18.2 Å². The Kier molecular flexibility index (Phi) is 5.63. The molecule has 0 atom stereocenters. The Bertz CT molecular complexity index is 644. The van der Waals surface area contributed by atoms with Gasteiger partial charge in [-0.15, -0.1) is 0 Å². The van der Waals surface area contributed by atoms with Gasteiger partial charge in [0.25, 0.3) is 5.91 Å². The molecule has 0 saturated heterocycles. The van der Waals surface area contributed by atoms with E-state index in [2.05, 4.69) is 10.7 Å². The fraction of sp³-hybridized carbons (Fsp3) is 0.188. The van der Waals surface area contributed by atoms with Crippen molar-refractivity contribution in [1.82, 2.24) is 5.43 Å². The summed E-state index contributed by atoms with van der Waals surface area (Å²) in [5.41, 5.74) is 4.36. The van der Waals surface area contributed by atoms with Crippen molar-refractivity contribution in [2.45, 2.75) is 6.92 Å². The second kappa shape index (κ2) is 7.68. The van der Waals surface area contributed by atoms with Gasteiger partial charge in [0.15, 0.2) is 0 Å². The molecule has 5 nitrogen and oxygen atoms in total. The Hall–Kier alpha value is -2.24. The van der Waals surface area contributed by atoms with Gasteiger partial charge in [-0.2, -0.15) is 0 Å². The molecular weight excluding hydrogens is 302 g/mol. The normalized spacial score (nSPS) is 10.1. The monoisotopic (exact) mass is 319 g/mol. The molecule has 0 aliphatic heterocycles. The topological polar surface area (TPSA) is 76.4 Å². The predicted octanol–water partition coefficient (Wildman–Crippen LogP) is 2.74. The number of halogens is 1. The molecule has 0 unspecified atom stereocenters. The number of hydrogen-bond acceptors (Lipinski definition) is 4. The van der Waals surface area contributed by atoms with Gasteiger partial charge < -0.3 is 10.1 Å². The molecule has 2 aromatic rings.